The molecule has 0 aromatic carbocycles. The third kappa shape index (κ3) is 3.84. The second kappa shape index (κ2) is 7.16. The van der Waals surface area contributed by atoms with Gasteiger partial charge < -0.3 is 15.4 Å². The highest BCUT2D eigenvalue weighted by Gasteiger charge is 2.12. The molecule has 0 saturated carbocycles. The smallest absolute Gasteiger partial charge is 0.137 e. The van der Waals surface area contributed by atoms with Gasteiger partial charge in [-0.05, 0) is 20.3 Å². The number of hydrogen-bond acceptors (Lipinski definition) is 5. The van der Waals surface area contributed by atoms with Crippen molar-refractivity contribution >= 4 is 11.6 Å². The van der Waals surface area contributed by atoms with Crippen LogP contribution in [0.15, 0.2) is 0 Å². The van der Waals surface area contributed by atoms with E-state index in [1.54, 1.807) is 0 Å². The van der Waals surface area contributed by atoms with Gasteiger partial charge in [0.15, 0.2) is 0 Å². The largest absolute Gasteiger partial charge is 0.383 e. The zero-order valence-electron chi connectivity index (χ0n) is 11.9. The van der Waals surface area contributed by atoms with E-state index in [-0.39, 0.29) is 0 Å². The molecule has 0 atom stereocenters. The Morgan fingerprint density at radius 2 is 2.00 bits per heavy atom. The molecule has 5 heteroatoms. The molecule has 1 aromatic heterocycles. The van der Waals surface area contributed by atoms with E-state index in [0.29, 0.717) is 12.4 Å². The molecule has 0 bridgehead atoms. The van der Waals surface area contributed by atoms with Gasteiger partial charge in [-0.1, -0.05) is 6.92 Å². The molecule has 0 unspecified atom stereocenters. The van der Waals surface area contributed by atoms with Gasteiger partial charge in [0.2, 0.25) is 0 Å². The van der Waals surface area contributed by atoms with E-state index in [1.807, 2.05) is 20.9 Å². The fourth-order valence-corrected chi connectivity index (χ4v) is 1.73. The first kappa shape index (κ1) is 14.7. The Hall–Kier alpha value is -1.36. The van der Waals surface area contributed by atoms with Gasteiger partial charge in [0, 0.05) is 32.2 Å². The van der Waals surface area contributed by atoms with Crippen LogP contribution in [0.4, 0.5) is 11.6 Å². The Morgan fingerprint density at radius 1 is 1.28 bits per heavy atom. The first-order valence-electron chi connectivity index (χ1n) is 6.52. The zero-order chi connectivity index (χ0) is 13.5. The van der Waals surface area contributed by atoms with Crippen molar-refractivity contribution in [3.05, 3.63) is 11.4 Å². The first-order valence-corrected chi connectivity index (χ1v) is 6.52. The number of ether oxygens (including phenoxy) is 1. The number of anilines is 2. The predicted octanol–water partition coefficient (Wildman–Crippen LogP) is 1.79. The average molecular weight is 252 g/mol. The highest BCUT2D eigenvalue weighted by Crippen LogP contribution is 2.20. The van der Waals surface area contributed by atoms with Gasteiger partial charge in [0.1, 0.15) is 17.5 Å². The first-order chi connectivity index (χ1) is 8.60. The molecule has 0 saturated heterocycles. The summed E-state index contributed by atoms with van der Waals surface area (Å²) in [6.07, 6.45) is 1.88. The van der Waals surface area contributed by atoms with Crippen molar-refractivity contribution in [2.75, 3.05) is 37.4 Å². The van der Waals surface area contributed by atoms with Crippen molar-refractivity contribution in [2.24, 2.45) is 0 Å². The summed E-state index contributed by atoms with van der Waals surface area (Å²) in [5.41, 5.74) is 6.87. The van der Waals surface area contributed by atoms with E-state index < -0.39 is 0 Å². The van der Waals surface area contributed by atoms with Gasteiger partial charge in [-0.25, -0.2) is 9.97 Å². The van der Waals surface area contributed by atoms with Crippen molar-refractivity contribution in [3.63, 3.8) is 0 Å². The van der Waals surface area contributed by atoms with E-state index in [4.69, 9.17) is 10.5 Å². The summed E-state index contributed by atoms with van der Waals surface area (Å²) in [7, 11) is 2.00. The van der Waals surface area contributed by atoms with Gasteiger partial charge >= 0.3 is 0 Å². The lowest BCUT2D eigenvalue weighted by Crippen LogP contribution is -2.25. The van der Waals surface area contributed by atoms with Crippen LogP contribution in [-0.2, 0) is 11.2 Å². The van der Waals surface area contributed by atoms with Gasteiger partial charge in [-0.3, -0.25) is 0 Å². The number of nitrogen functional groups attached to an aromatic ring is 1. The Balaban J connectivity index is 2.84. The van der Waals surface area contributed by atoms with Crippen LogP contribution in [0.5, 0.6) is 0 Å². The van der Waals surface area contributed by atoms with E-state index in [2.05, 4.69) is 21.8 Å². The number of hydrogen-bond donors (Lipinski definition) is 1. The number of nitrogens with two attached hydrogens (primary N) is 1. The van der Waals surface area contributed by atoms with Crippen molar-refractivity contribution in [1.82, 2.24) is 9.97 Å². The van der Waals surface area contributed by atoms with Crippen LogP contribution in [0.1, 0.15) is 31.7 Å². The van der Waals surface area contributed by atoms with Crippen molar-refractivity contribution < 1.29 is 4.74 Å². The minimum atomic E-state index is 0.576. The molecule has 0 amide bonds. The summed E-state index contributed by atoms with van der Waals surface area (Å²) in [5.74, 6) is 2.30. The van der Waals surface area contributed by atoms with Crippen LogP contribution in [0.3, 0.4) is 0 Å². The third-order valence-corrected chi connectivity index (χ3v) is 2.81. The SMILES string of the molecule is CCCc1nc(N)c(C)c(N(C)CCOCC)n1. The third-order valence-electron chi connectivity index (χ3n) is 2.81. The van der Waals surface area contributed by atoms with Crippen LogP contribution < -0.4 is 10.6 Å². The number of rotatable bonds is 7. The molecular weight excluding hydrogens is 228 g/mol. The minimum Gasteiger partial charge on any atom is -0.383 e. The Kier molecular flexibility index (Phi) is 5.85. The van der Waals surface area contributed by atoms with Crippen molar-refractivity contribution in [1.29, 1.82) is 0 Å². The second-order valence-electron chi connectivity index (χ2n) is 4.34. The summed E-state index contributed by atoms with van der Waals surface area (Å²) in [6.45, 7) is 8.29. The molecule has 18 heavy (non-hydrogen) atoms. The average Bonchev–Trinajstić information content (AvgIpc) is 2.34. The minimum absolute atomic E-state index is 0.576. The lowest BCUT2D eigenvalue weighted by molar-refractivity contribution is 0.154. The zero-order valence-corrected chi connectivity index (χ0v) is 11.9. The number of aromatic nitrogens is 2. The molecule has 0 aliphatic heterocycles. The Morgan fingerprint density at radius 3 is 2.61 bits per heavy atom. The Bertz CT molecular complexity index is 381. The molecule has 2 N–H and O–H groups in total. The molecule has 1 heterocycles. The molecule has 0 fully saturated rings. The van der Waals surface area contributed by atoms with Crippen LogP contribution in [-0.4, -0.2) is 36.8 Å². The molecule has 102 valence electrons. The lowest BCUT2D eigenvalue weighted by Gasteiger charge is -2.21. The lowest BCUT2D eigenvalue weighted by atomic mass is 10.2. The maximum Gasteiger partial charge on any atom is 0.137 e. The normalized spacial score (nSPS) is 10.7. The van der Waals surface area contributed by atoms with Crippen LogP contribution in [0.2, 0.25) is 0 Å². The van der Waals surface area contributed by atoms with Gasteiger partial charge in [-0.2, -0.15) is 0 Å². The number of nitrogens with zero attached hydrogens (tertiary/aromatic N) is 3. The Labute approximate surface area is 109 Å². The molecule has 0 aliphatic carbocycles. The molecule has 1 rings (SSSR count). The summed E-state index contributed by atoms with van der Waals surface area (Å²) >= 11 is 0. The van der Waals surface area contributed by atoms with Crippen molar-refractivity contribution in [3.8, 4) is 0 Å². The van der Waals surface area contributed by atoms with Crippen LogP contribution in [0.25, 0.3) is 0 Å². The molecular formula is C13H24N4O. The number of likely N-dealkylation sites (N-methyl/N-ethyl adjacent to an activating group) is 1. The van der Waals surface area contributed by atoms with Gasteiger partial charge in [-0.15, -0.1) is 0 Å². The summed E-state index contributed by atoms with van der Waals surface area (Å²) in [4.78, 5) is 11.0. The molecule has 1 aromatic rings. The second-order valence-corrected chi connectivity index (χ2v) is 4.34. The van der Waals surface area contributed by atoms with E-state index in [9.17, 15) is 0 Å². The van der Waals surface area contributed by atoms with Crippen LogP contribution >= 0.6 is 0 Å². The molecule has 0 radical (unpaired) electrons. The predicted molar refractivity (Wildman–Crippen MR) is 74.9 cm³/mol. The summed E-state index contributed by atoms with van der Waals surface area (Å²) in [6, 6.07) is 0. The molecule has 5 nitrogen and oxygen atoms in total. The highest BCUT2D eigenvalue weighted by atomic mass is 16.5. The van der Waals surface area contributed by atoms with Gasteiger partial charge in [0.05, 0.1) is 6.61 Å². The monoisotopic (exact) mass is 252 g/mol. The van der Waals surface area contributed by atoms with E-state index in [0.717, 1.165) is 43.2 Å². The molecule has 0 spiro atoms. The summed E-state index contributed by atoms with van der Waals surface area (Å²) < 4.78 is 5.36. The van der Waals surface area contributed by atoms with Crippen molar-refractivity contribution in [2.45, 2.75) is 33.6 Å². The van der Waals surface area contributed by atoms with Crippen LogP contribution in [0, 0.1) is 6.92 Å². The summed E-state index contributed by atoms with van der Waals surface area (Å²) in [5, 5.41) is 0. The molecule has 0 aliphatic rings. The van der Waals surface area contributed by atoms with E-state index >= 15 is 0 Å². The van der Waals surface area contributed by atoms with E-state index in [1.165, 1.54) is 0 Å². The maximum absolute atomic E-state index is 5.94. The number of aryl methyl sites for hydroxylation is 1. The van der Waals surface area contributed by atoms with Gasteiger partial charge in [0.25, 0.3) is 0 Å². The maximum atomic E-state index is 5.94. The standard InChI is InChI=1S/C13H24N4O/c1-5-7-11-15-12(14)10(3)13(16-11)17(4)8-9-18-6-2/h5-9H2,1-4H3,(H2,14,15,16). The quantitative estimate of drug-likeness (QED) is 0.750. The highest BCUT2D eigenvalue weighted by molar-refractivity contribution is 5.56. The fourth-order valence-electron chi connectivity index (χ4n) is 1.73. The topological polar surface area (TPSA) is 64.3 Å². The fraction of sp³-hybridized carbons (Fsp3) is 0.692.